The highest BCUT2D eigenvalue weighted by Crippen LogP contribution is 2.44. The van der Waals surface area contributed by atoms with Crippen LogP contribution in [0, 0.1) is 5.92 Å². The maximum Gasteiger partial charge on any atom is 0.191 e. The molecule has 2 aliphatic rings. The molecule has 0 radical (unpaired) electrons. The second kappa shape index (κ2) is 3.67. The lowest BCUT2D eigenvalue weighted by atomic mass is 9.95. The van der Waals surface area contributed by atoms with Gasteiger partial charge < -0.3 is 15.5 Å². The lowest BCUT2D eigenvalue weighted by molar-refractivity contribution is 0.178. The molecular weight excluding hydrogens is 188 g/mol. The highest BCUT2D eigenvalue weighted by molar-refractivity contribution is 5.81. The fourth-order valence-electron chi connectivity index (χ4n) is 2.40. The predicted molar refractivity (Wildman–Crippen MR) is 62.9 cm³/mol. The first-order valence-electron chi connectivity index (χ1n) is 5.76. The summed E-state index contributed by atoms with van der Waals surface area (Å²) in [4.78, 5) is 8.92. The zero-order chi connectivity index (χ0) is 11.1. The molecule has 2 rings (SSSR count). The van der Waals surface area contributed by atoms with Crippen LogP contribution < -0.4 is 5.73 Å². The van der Waals surface area contributed by atoms with Crippen molar-refractivity contribution in [1.29, 1.82) is 0 Å². The smallest absolute Gasteiger partial charge is 0.191 e. The Bertz CT molecular complexity index is 270. The third kappa shape index (κ3) is 1.95. The lowest BCUT2D eigenvalue weighted by Gasteiger charge is -2.37. The number of guanidine groups is 1. The zero-order valence-electron chi connectivity index (χ0n) is 10.0. The van der Waals surface area contributed by atoms with E-state index in [4.69, 9.17) is 5.73 Å². The Morgan fingerprint density at radius 1 is 1.53 bits per heavy atom. The molecular formula is C11H22N4. The fraction of sp³-hybridized carbons (Fsp3) is 0.909. The maximum absolute atomic E-state index is 5.96. The van der Waals surface area contributed by atoms with Crippen LogP contribution in [-0.2, 0) is 0 Å². The molecule has 4 nitrogen and oxygen atoms in total. The summed E-state index contributed by atoms with van der Waals surface area (Å²) in [6.07, 6.45) is 2.69. The van der Waals surface area contributed by atoms with E-state index in [0.29, 0.717) is 0 Å². The summed E-state index contributed by atoms with van der Waals surface area (Å²) >= 11 is 0. The van der Waals surface area contributed by atoms with E-state index < -0.39 is 0 Å². The summed E-state index contributed by atoms with van der Waals surface area (Å²) in [6, 6.07) is 0. The van der Waals surface area contributed by atoms with Crippen LogP contribution in [0.3, 0.4) is 0 Å². The Labute approximate surface area is 92.1 Å². The summed E-state index contributed by atoms with van der Waals surface area (Å²) in [6.45, 7) is 5.23. The molecule has 0 amide bonds. The summed E-state index contributed by atoms with van der Waals surface area (Å²) in [5.74, 6) is 1.55. The fourth-order valence-corrected chi connectivity index (χ4v) is 2.40. The predicted octanol–water partition coefficient (Wildman–Crippen LogP) is 0.347. The first kappa shape index (κ1) is 10.7. The van der Waals surface area contributed by atoms with Gasteiger partial charge in [0.1, 0.15) is 0 Å². The van der Waals surface area contributed by atoms with Gasteiger partial charge in [-0.05, 0) is 39.8 Å². The molecule has 1 atom stereocenters. The number of nitrogens with two attached hydrogens (primary N) is 1. The quantitative estimate of drug-likeness (QED) is 0.728. The van der Waals surface area contributed by atoms with E-state index in [2.05, 4.69) is 35.8 Å². The molecule has 0 aromatic heterocycles. The van der Waals surface area contributed by atoms with Crippen LogP contribution in [-0.4, -0.2) is 55.0 Å². The van der Waals surface area contributed by atoms with Crippen molar-refractivity contribution in [3.05, 3.63) is 0 Å². The van der Waals surface area contributed by atoms with E-state index in [1.165, 1.54) is 12.8 Å². The van der Waals surface area contributed by atoms with E-state index in [9.17, 15) is 0 Å². The van der Waals surface area contributed by atoms with Crippen molar-refractivity contribution < 1.29 is 0 Å². The largest absolute Gasteiger partial charge is 0.370 e. The summed E-state index contributed by atoms with van der Waals surface area (Å²) in [5, 5.41) is 0. The normalized spacial score (nSPS) is 31.2. The third-order valence-corrected chi connectivity index (χ3v) is 3.68. The van der Waals surface area contributed by atoms with Gasteiger partial charge in [-0.15, -0.1) is 0 Å². The molecule has 1 fully saturated rings. The molecule has 0 spiro atoms. The van der Waals surface area contributed by atoms with E-state index in [1.807, 2.05) is 0 Å². The van der Waals surface area contributed by atoms with Gasteiger partial charge in [0.2, 0.25) is 0 Å². The van der Waals surface area contributed by atoms with Crippen LogP contribution in [0.2, 0.25) is 0 Å². The summed E-state index contributed by atoms with van der Waals surface area (Å²) < 4.78 is 0. The Hall–Kier alpha value is -0.770. The van der Waals surface area contributed by atoms with Crippen molar-refractivity contribution >= 4 is 5.96 Å². The van der Waals surface area contributed by atoms with Crippen molar-refractivity contribution in [3.63, 3.8) is 0 Å². The average Bonchev–Trinajstić information content (AvgIpc) is 2.94. The molecule has 0 saturated heterocycles. The molecule has 1 heterocycles. The Kier molecular flexibility index (Phi) is 2.63. The minimum absolute atomic E-state index is 0.208. The topological polar surface area (TPSA) is 44.9 Å². The van der Waals surface area contributed by atoms with Crippen molar-refractivity contribution in [3.8, 4) is 0 Å². The highest BCUT2D eigenvalue weighted by atomic mass is 15.4. The van der Waals surface area contributed by atoms with E-state index in [0.717, 1.165) is 31.5 Å². The van der Waals surface area contributed by atoms with Gasteiger partial charge in [-0.1, -0.05) is 0 Å². The maximum atomic E-state index is 5.96. The van der Waals surface area contributed by atoms with Gasteiger partial charge in [-0.3, -0.25) is 4.99 Å². The van der Waals surface area contributed by atoms with Crippen LogP contribution >= 0.6 is 0 Å². The number of rotatable bonds is 4. The minimum atomic E-state index is 0.208. The molecule has 0 aromatic rings. The lowest BCUT2D eigenvalue weighted by Crippen LogP contribution is -2.53. The van der Waals surface area contributed by atoms with Crippen molar-refractivity contribution in [2.24, 2.45) is 16.6 Å². The van der Waals surface area contributed by atoms with Crippen LogP contribution in [0.5, 0.6) is 0 Å². The van der Waals surface area contributed by atoms with Crippen molar-refractivity contribution in [2.75, 3.05) is 33.7 Å². The molecule has 2 N–H and O–H groups in total. The highest BCUT2D eigenvalue weighted by Gasteiger charge is 2.48. The molecule has 15 heavy (non-hydrogen) atoms. The standard InChI is InChI=1S/C11H22N4/c1-11(9-4-5-9)8-13-10(12)15(11)7-6-14(2)3/h9H,4-8H2,1-3H3,(H2,12,13). The van der Waals surface area contributed by atoms with Crippen molar-refractivity contribution in [2.45, 2.75) is 25.3 Å². The number of hydrogen-bond donors (Lipinski definition) is 1. The van der Waals surface area contributed by atoms with E-state index in [1.54, 1.807) is 0 Å². The number of nitrogens with zero attached hydrogens (tertiary/aromatic N) is 3. The van der Waals surface area contributed by atoms with E-state index in [-0.39, 0.29) is 5.54 Å². The molecule has 1 unspecified atom stereocenters. The summed E-state index contributed by atoms with van der Waals surface area (Å²) in [5.41, 5.74) is 6.17. The average molecular weight is 210 g/mol. The van der Waals surface area contributed by atoms with Crippen LogP contribution in [0.25, 0.3) is 0 Å². The second-order valence-corrected chi connectivity index (χ2v) is 5.26. The molecule has 0 aromatic carbocycles. The summed E-state index contributed by atoms with van der Waals surface area (Å²) in [7, 11) is 4.19. The van der Waals surface area contributed by atoms with Crippen LogP contribution in [0.15, 0.2) is 4.99 Å². The van der Waals surface area contributed by atoms with Gasteiger partial charge in [0, 0.05) is 13.1 Å². The van der Waals surface area contributed by atoms with Gasteiger partial charge in [0.15, 0.2) is 5.96 Å². The molecule has 0 bridgehead atoms. The molecule has 1 aliphatic heterocycles. The number of hydrogen-bond acceptors (Lipinski definition) is 4. The first-order valence-corrected chi connectivity index (χ1v) is 5.76. The Balaban J connectivity index is 2.01. The number of likely N-dealkylation sites (N-methyl/N-ethyl adjacent to an activating group) is 1. The van der Waals surface area contributed by atoms with E-state index >= 15 is 0 Å². The zero-order valence-corrected chi connectivity index (χ0v) is 10.0. The Morgan fingerprint density at radius 3 is 2.73 bits per heavy atom. The third-order valence-electron chi connectivity index (χ3n) is 3.68. The minimum Gasteiger partial charge on any atom is -0.370 e. The van der Waals surface area contributed by atoms with Gasteiger partial charge >= 0.3 is 0 Å². The molecule has 86 valence electrons. The molecule has 4 heteroatoms. The van der Waals surface area contributed by atoms with Gasteiger partial charge in [0.05, 0.1) is 12.1 Å². The molecule has 1 aliphatic carbocycles. The van der Waals surface area contributed by atoms with Crippen LogP contribution in [0.1, 0.15) is 19.8 Å². The van der Waals surface area contributed by atoms with Gasteiger partial charge in [0.25, 0.3) is 0 Å². The van der Waals surface area contributed by atoms with Crippen LogP contribution in [0.4, 0.5) is 0 Å². The van der Waals surface area contributed by atoms with Gasteiger partial charge in [-0.2, -0.15) is 0 Å². The monoisotopic (exact) mass is 210 g/mol. The SMILES string of the molecule is CN(C)CCN1C(N)=NCC1(C)C1CC1. The second-order valence-electron chi connectivity index (χ2n) is 5.26. The Morgan fingerprint density at radius 2 is 2.20 bits per heavy atom. The van der Waals surface area contributed by atoms with Crippen molar-refractivity contribution in [1.82, 2.24) is 9.80 Å². The number of aliphatic imine (C=N–C) groups is 1. The first-order chi connectivity index (χ1) is 7.04. The molecule has 1 saturated carbocycles. The van der Waals surface area contributed by atoms with Gasteiger partial charge in [-0.25, -0.2) is 0 Å².